The summed E-state index contributed by atoms with van der Waals surface area (Å²) in [5, 5.41) is 12.3. The van der Waals surface area contributed by atoms with Crippen LogP contribution >= 0.6 is 11.6 Å². The maximum Gasteiger partial charge on any atom is 0.101 e. The molecule has 1 N–H and O–H groups in total. The van der Waals surface area contributed by atoms with Gasteiger partial charge in [-0.1, -0.05) is 11.6 Å². The molecule has 1 unspecified atom stereocenters. The number of hydrogen-bond acceptors (Lipinski definition) is 3. The first-order valence-electron chi connectivity index (χ1n) is 4.87. The summed E-state index contributed by atoms with van der Waals surface area (Å²) in [6.45, 7) is 0.752. The van der Waals surface area contributed by atoms with E-state index in [1.165, 1.54) is 0 Å². The molecule has 1 aromatic rings. The molecule has 0 heterocycles. The molecule has 0 aromatic heterocycles. The molecular weight excluding hydrogens is 244 g/mol. The van der Waals surface area contributed by atoms with Crippen molar-refractivity contribution in [2.75, 3.05) is 23.9 Å². The molecule has 1 rings (SSSR count). The fourth-order valence-electron chi connectivity index (χ4n) is 1.22. The van der Waals surface area contributed by atoms with Gasteiger partial charge in [-0.15, -0.1) is 0 Å². The Morgan fingerprint density at radius 1 is 1.56 bits per heavy atom. The van der Waals surface area contributed by atoms with E-state index in [0.29, 0.717) is 16.3 Å². The zero-order valence-corrected chi connectivity index (χ0v) is 10.6. The maximum absolute atomic E-state index is 10.8. The van der Waals surface area contributed by atoms with Gasteiger partial charge in [-0.25, -0.2) is 0 Å². The van der Waals surface area contributed by atoms with Crippen LogP contribution in [0.15, 0.2) is 18.2 Å². The number of nitrogens with zero attached hydrogens (tertiary/aromatic N) is 1. The van der Waals surface area contributed by atoms with Crippen LogP contribution in [0.4, 0.5) is 5.69 Å². The van der Waals surface area contributed by atoms with Gasteiger partial charge < -0.3 is 5.32 Å². The fourth-order valence-corrected chi connectivity index (χ4v) is 2.00. The predicted octanol–water partition coefficient (Wildman–Crippen LogP) is 2.39. The smallest absolute Gasteiger partial charge is 0.101 e. The van der Waals surface area contributed by atoms with Gasteiger partial charge in [0.25, 0.3) is 0 Å². The van der Waals surface area contributed by atoms with Crippen LogP contribution in [0.25, 0.3) is 0 Å². The van der Waals surface area contributed by atoms with E-state index in [1.54, 1.807) is 18.4 Å². The van der Waals surface area contributed by atoms with Gasteiger partial charge in [0.2, 0.25) is 0 Å². The van der Waals surface area contributed by atoms with Crippen LogP contribution in [0.1, 0.15) is 12.0 Å². The summed E-state index contributed by atoms with van der Waals surface area (Å²) < 4.78 is 10.8. The van der Waals surface area contributed by atoms with Crippen molar-refractivity contribution in [1.82, 2.24) is 0 Å². The highest BCUT2D eigenvalue weighted by molar-refractivity contribution is 7.84. The Balaban J connectivity index is 2.47. The molecule has 0 fully saturated rings. The third-order valence-electron chi connectivity index (χ3n) is 2.03. The van der Waals surface area contributed by atoms with Gasteiger partial charge in [-0.3, -0.25) is 4.21 Å². The zero-order chi connectivity index (χ0) is 12.0. The van der Waals surface area contributed by atoms with Gasteiger partial charge >= 0.3 is 0 Å². The summed E-state index contributed by atoms with van der Waals surface area (Å²) >= 11 is 5.88. The van der Waals surface area contributed by atoms with Crippen molar-refractivity contribution in [3.05, 3.63) is 28.8 Å². The summed E-state index contributed by atoms with van der Waals surface area (Å²) in [4.78, 5) is 0. The Hall–Kier alpha value is -1.05. The van der Waals surface area contributed by atoms with Crippen molar-refractivity contribution in [2.45, 2.75) is 6.42 Å². The van der Waals surface area contributed by atoms with E-state index >= 15 is 0 Å². The van der Waals surface area contributed by atoms with Crippen LogP contribution in [0.5, 0.6) is 0 Å². The highest BCUT2D eigenvalue weighted by atomic mass is 35.5. The molecule has 0 aliphatic heterocycles. The van der Waals surface area contributed by atoms with Crippen LogP contribution in [0, 0.1) is 11.3 Å². The average molecular weight is 257 g/mol. The quantitative estimate of drug-likeness (QED) is 0.823. The molecule has 0 aliphatic rings. The van der Waals surface area contributed by atoms with Crippen LogP contribution in [-0.2, 0) is 10.8 Å². The minimum atomic E-state index is -0.742. The minimum Gasteiger partial charge on any atom is -0.385 e. The molecule has 86 valence electrons. The Morgan fingerprint density at radius 3 is 2.88 bits per heavy atom. The van der Waals surface area contributed by atoms with Gasteiger partial charge in [-0.2, -0.15) is 5.26 Å². The summed E-state index contributed by atoms with van der Waals surface area (Å²) in [7, 11) is -0.742. The number of nitriles is 1. The number of rotatable bonds is 5. The van der Waals surface area contributed by atoms with Gasteiger partial charge in [0.1, 0.15) is 6.07 Å². The molecule has 3 nitrogen and oxygen atoms in total. The monoisotopic (exact) mass is 256 g/mol. The lowest BCUT2D eigenvalue weighted by atomic mass is 10.2. The van der Waals surface area contributed by atoms with Crippen molar-refractivity contribution < 1.29 is 4.21 Å². The Bertz CT molecular complexity index is 428. The van der Waals surface area contributed by atoms with Gasteiger partial charge in [0.05, 0.1) is 10.6 Å². The molecule has 1 aromatic carbocycles. The molecule has 0 spiro atoms. The third-order valence-corrected chi connectivity index (χ3v) is 3.20. The fraction of sp³-hybridized carbons (Fsp3) is 0.364. The lowest BCUT2D eigenvalue weighted by molar-refractivity contribution is 0.685. The summed E-state index contributed by atoms with van der Waals surface area (Å²) in [5.74, 6) is 0.691. The molecule has 0 saturated heterocycles. The number of benzene rings is 1. The molecule has 0 amide bonds. The first-order chi connectivity index (χ1) is 7.63. The van der Waals surface area contributed by atoms with E-state index in [0.717, 1.165) is 18.7 Å². The van der Waals surface area contributed by atoms with Crippen molar-refractivity contribution in [3.8, 4) is 6.07 Å². The van der Waals surface area contributed by atoms with Crippen molar-refractivity contribution in [3.63, 3.8) is 0 Å². The van der Waals surface area contributed by atoms with E-state index in [4.69, 9.17) is 16.9 Å². The van der Waals surface area contributed by atoms with Gasteiger partial charge in [0.15, 0.2) is 0 Å². The first kappa shape index (κ1) is 13.0. The number of hydrogen-bond donors (Lipinski definition) is 1. The second-order valence-electron chi connectivity index (χ2n) is 3.36. The molecule has 0 saturated carbocycles. The molecule has 0 bridgehead atoms. The van der Waals surface area contributed by atoms with E-state index in [9.17, 15) is 4.21 Å². The van der Waals surface area contributed by atoms with Crippen LogP contribution in [0.3, 0.4) is 0 Å². The van der Waals surface area contributed by atoms with E-state index in [1.807, 2.05) is 12.1 Å². The normalized spacial score (nSPS) is 11.8. The Morgan fingerprint density at radius 2 is 2.31 bits per heavy atom. The average Bonchev–Trinajstić information content (AvgIpc) is 2.24. The largest absolute Gasteiger partial charge is 0.385 e. The third kappa shape index (κ3) is 4.21. The van der Waals surface area contributed by atoms with E-state index < -0.39 is 10.8 Å². The van der Waals surface area contributed by atoms with Gasteiger partial charge in [-0.05, 0) is 24.6 Å². The van der Waals surface area contributed by atoms with E-state index in [2.05, 4.69) is 5.32 Å². The number of halogens is 1. The van der Waals surface area contributed by atoms with Gasteiger partial charge in [0, 0.05) is 35.0 Å². The molecule has 1 atom stereocenters. The van der Waals surface area contributed by atoms with Crippen LogP contribution in [0.2, 0.25) is 5.02 Å². The molecule has 0 radical (unpaired) electrons. The van der Waals surface area contributed by atoms with Crippen molar-refractivity contribution >= 4 is 28.1 Å². The Labute approximate surface area is 103 Å². The Kier molecular flexibility index (Phi) is 5.30. The minimum absolute atomic E-state index is 0.451. The summed E-state index contributed by atoms with van der Waals surface area (Å²) in [6.07, 6.45) is 2.54. The number of nitrogens with one attached hydrogen (secondary N) is 1. The highest BCUT2D eigenvalue weighted by Gasteiger charge is 2.00. The second-order valence-corrected chi connectivity index (χ2v) is 5.33. The van der Waals surface area contributed by atoms with Crippen molar-refractivity contribution in [2.24, 2.45) is 0 Å². The van der Waals surface area contributed by atoms with Crippen molar-refractivity contribution in [1.29, 1.82) is 5.26 Å². The topological polar surface area (TPSA) is 52.9 Å². The van der Waals surface area contributed by atoms with E-state index in [-0.39, 0.29) is 0 Å². The molecule has 5 heteroatoms. The van der Waals surface area contributed by atoms with Crippen LogP contribution < -0.4 is 5.32 Å². The first-order valence-corrected chi connectivity index (χ1v) is 6.97. The summed E-state index contributed by atoms with van der Waals surface area (Å²) in [5.41, 5.74) is 1.35. The SMILES string of the molecule is CS(=O)CCCNc1ccc(C#N)c(Cl)c1. The lowest BCUT2D eigenvalue weighted by Gasteiger charge is -2.06. The lowest BCUT2D eigenvalue weighted by Crippen LogP contribution is -2.06. The summed E-state index contributed by atoms with van der Waals surface area (Å²) in [6, 6.07) is 7.23. The van der Waals surface area contributed by atoms with Crippen LogP contribution in [-0.4, -0.2) is 22.8 Å². The molecular formula is C11H13ClN2OS. The predicted molar refractivity (Wildman–Crippen MR) is 68.2 cm³/mol. The highest BCUT2D eigenvalue weighted by Crippen LogP contribution is 2.19. The second kappa shape index (κ2) is 6.51. The molecule has 16 heavy (non-hydrogen) atoms. The molecule has 0 aliphatic carbocycles. The number of anilines is 1. The maximum atomic E-state index is 10.8. The zero-order valence-electron chi connectivity index (χ0n) is 9.00. The standard InChI is InChI=1S/C11H13ClN2OS/c1-16(15)6-2-5-14-10-4-3-9(8-13)11(12)7-10/h3-4,7,14H,2,5-6H2,1H3.